The molecular weight excluding hydrogens is 466 g/mol. The number of aromatic nitrogens is 3. The molecule has 1 atom stereocenters. The molecule has 2 N–H and O–H groups in total. The van der Waals surface area contributed by atoms with E-state index in [-0.39, 0.29) is 12.7 Å². The maximum atomic E-state index is 13.6. The molecule has 3 aromatic carbocycles. The highest BCUT2D eigenvalue weighted by Gasteiger charge is 2.35. The largest absolute Gasteiger partial charge is 0.454 e. The van der Waals surface area contributed by atoms with Crippen molar-refractivity contribution in [3.05, 3.63) is 94.7 Å². The molecule has 2 aliphatic heterocycles. The third-order valence-corrected chi connectivity index (χ3v) is 6.16. The normalized spacial score (nSPS) is 16.0. The molecule has 3 heterocycles. The number of fused-ring (bicyclic) bond motifs is 2. The average Bonchev–Trinajstić information content (AvgIpc) is 3.50. The van der Waals surface area contributed by atoms with Crippen molar-refractivity contribution in [2.45, 2.75) is 13.0 Å². The van der Waals surface area contributed by atoms with E-state index in [1.54, 1.807) is 10.7 Å². The number of amides is 1. The Morgan fingerprint density at radius 1 is 1.06 bits per heavy atom. The lowest BCUT2D eigenvalue weighted by molar-refractivity contribution is -0.113. The van der Waals surface area contributed by atoms with E-state index in [0.29, 0.717) is 45.3 Å². The van der Waals surface area contributed by atoms with E-state index in [1.807, 2.05) is 73.7 Å². The summed E-state index contributed by atoms with van der Waals surface area (Å²) in [4.78, 5) is 18.3. The number of rotatable bonds is 4. The van der Waals surface area contributed by atoms with Crippen molar-refractivity contribution in [3.63, 3.8) is 0 Å². The van der Waals surface area contributed by atoms with E-state index < -0.39 is 6.04 Å². The third kappa shape index (κ3) is 3.87. The molecular formula is C26H20ClN5O3. The van der Waals surface area contributed by atoms with Crippen LogP contribution in [0.15, 0.2) is 84.1 Å². The molecule has 0 saturated carbocycles. The molecule has 6 rings (SSSR count). The zero-order valence-corrected chi connectivity index (χ0v) is 19.4. The van der Waals surface area contributed by atoms with Crippen molar-refractivity contribution >= 4 is 29.1 Å². The third-order valence-electron chi connectivity index (χ3n) is 5.92. The maximum absolute atomic E-state index is 13.6. The summed E-state index contributed by atoms with van der Waals surface area (Å²) in [6.45, 7) is 2.02. The molecule has 0 radical (unpaired) electrons. The Balaban J connectivity index is 1.47. The summed E-state index contributed by atoms with van der Waals surface area (Å²) in [7, 11) is 0. The molecule has 9 heteroatoms. The van der Waals surface area contributed by atoms with Crippen LogP contribution in [0.2, 0.25) is 5.02 Å². The minimum atomic E-state index is -0.551. The van der Waals surface area contributed by atoms with Gasteiger partial charge in [-0.1, -0.05) is 48.0 Å². The molecule has 1 aromatic heterocycles. The lowest BCUT2D eigenvalue weighted by atomic mass is 9.94. The van der Waals surface area contributed by atoms with Crippen LogP contribution >= 0.6 is 11.6 Å². The van der Waals surface area contributed by atoms with Gasteiger partial charge in [0.05, 0.1) is 5.57 Å². The van der Waals surface area contributed by atoms with Gasteiger partial charge in [-0.2, -0.15) is 4.98 Å². The zero-order chi connectivity index (χ0) is 23.9. The molecule has 0 aliphatic carbocycles. The Bertz CT molecular complexity index is 1480. The van der Waals surface area contributed by atoms with Crippen molar-refractivity contribution in [3.8, 4) is 22.9 Å². The second-order valence-corrected chi connectivity index (χ2v) is 8.65. The summed E-state index contributed by atoms with van der Waals surface area (Å²) in [5.74, 6) is 2.07. The van der Waals surface area contributed by atoms with Crippen molar-refractivity contribution in [2.75, 3.05) is 17.4 Å². The van der Waals surface area contributed by atoms with Crippen molar-refractivity contribution in [1.29, 1.82) is 0 Å². The summed E-state index contributed by atoms with van der Waals surface area (Å²) in [5, 5.41) is 11.6. The molecule has 1 amide bonds. The summed E-state index contributed by atoms with van der Waals surface area (Å²) in [5.41, 5.74) is 3.49. The van der Waals surface area contributed by atoms with Gasteiger partial charge in [0.15, 0.2) is 17.3 Å². The number of nitrogens with one attached hydrogen (secondary N) is 2. The van der Waals surface area contributed by atoms with Gasteiger partial charge in [-0.05, 0) is 48.9 Å². The summed E-state index contributed by atoms with van der Waals surface area (Å²) in [6.07, 6.45) is 0. The van der Waals surface area contributed by atoms with Crippen LogP contribution in [0, 0.1) is 0 Å². The number of benzene rings is 3. The van der Waals surface area contributed by atoms with Crippen LogP contribution in [0.3, 0.4) is 0 Å². The quantitative estimate of drug-likeness (QED) is 0.410. The number of ether oxygens (including phenoxy) is 2. The average molecular weight is 486 g/mol. The highest BCUT2D eigenvalue weighted by molar-refractivity contribution is 6.30. The number of para-hydroxylation sites is 1. The Morgan fingerprint density at radius 2 is 1.89 bits per heavy atom. The summed E-state index contributed by atoms with van der Waals surface area (Å²) >= 11 is 6.20. The van der Waals surface area contributed by atoms with E-state index >= 15 is 0 Å². The number of hydrogen-bond donors (Lipinski definition) is 2. The van der Waals surface area contributed by atoms with Crippen LogP contribution in [0.25, 0.3) is 11.4 Å². The first kappa shape index (κ1) is 21.2. The number of hydrogen-bond acceptors (Lipinski definition) is 6. The lowest BCUT2D eigenvalue weighted by Gasteiger charge is -2.28. The Morgan fingerprint density at radius 3 is 2.71 bits per heavy atom. The van der Waals surface area contributed by atoms with Crippen LogP contribution in [0.4, 0.5) is 11.6 Å². The maximum Gasteiger partial charge on any atom is 0.255 e. The number of halogens is 1. The van der Waals surface area contributed by atoms with Crippen molar-refractivity contribution in [2.24, 2.45) is 0 Å². The van der Waals surface area contributed by atoms with Gasteiger partial charge in [0, 0.05) is 22.0 Å². The topological polar surface area (TPSA) is 90.3 Å². The molecule has 4 aromatic rings. The predicted octanol–water partition coefficient (Wildman–Crippen LogP) is 5.25. The standard InChI is InChI=1S/C26H20ClN5O3/c1-15-22(25(33)29-19-8-3-2-4-9-19)23(16-10-11-20-21(13-16)35-14-34-20)32-26(28-15)30-24(31-32)17-6-5-7-18(27)12-17/h2-13,23H,14H2,1H3,(H,29,33)(H,28,30,31). The second-order valence-electron chi connectivity index (χ2n) is 8.21. The van der Waals surface area contributed by atoms with Crippen molar-refractivity contribution in [1.82, 2.24) is 14.8 Å². The number of anilines is 2. The highest BCUT2D eigenvalue weighted by atomic mass is 35.5. The van der Waals surface area contributed by atoms with Gasteiger partial charge in [-0.15, -0.1) is 5.10 Å². The fourth-order valence-electron chi connectivity index (χ4n) is 4.31. The first-order chi connectivity index (χ1) is 17.1. The van der Waals surface area contributed by atoms with Crippen LogP contribution in [0.1, 0.15) is 18.5 Å². The SMILES string of the molecule is CC1=C(C(=O)Nc2ccccc2)C(c2ccc3c(c2)OCO3)n2nc(-c3cccc(Cl)c3)nc2N1. The molecule has 0 fully saturated rings. The summed E-state index contributed by atoms with van der Waals surface area (Å²) in [6, 6.07) is 21.8. The van der Waals surface area contributed by atoms with E-state index in [2.05, 4.69) is 10.6 Å². The fourth-order valence-corrected chi connectivity index (χ4v) is 4.50. The van der Waals surface area contributed by atoms with Crippen LogP contribution < -0.4 is 20.1 Å². The molecule has 1 unspecified atom stereocenters. The van der Waals surface area contributed by atoms with Gasteiger partial charge in [-0.3, -0.25) is 4.79 Å². The molecule has 0 saturated heterocycles. The lowest BCUT2D eigenvalue weighted by Crippen LogP contribution is -2.31. The number of carbonyl (C=O) groups excluding carboxylic acids is 1. The molecule has 174 valence electrons. The minimum Gasteiger partial charge on any atom is -0.454 e. The molecule has 8 nitrogen and oxygen atoms in total. The van der Waals surface area contributed by atoms with E-state index in [4.69, 9.17) is 31.2 Å². The van der Waals surface area contributed by atoms with Crippen LogP contribution in [-0.2, 0) is 4.79 Å². The zero-order valence-electron chi connectivity index (χ0n) is 18.7. The second kappa shape index (κ2) is 8.48. The van der Waals surface area contributed by atoms with E-state index in [1.165, 1.54) is 0 Å². The van der Waals surface area contributed by atoms with Crippen LogP contribution in [0.5, 0.6) is 11.5 Å². The van der Waals surface area contributed by atoms with Gasteiger partial charge in [0.25, 0.3) is 5.91 Å². The molecule has 35 heavy (non-hydrogen) atoms. The smallest absolute Gasteiger partial charge is 0.255 e. The Hall–Kier alpha value is -4.30. The number of carbonyl (C=O) groups is 1. The molecule has 0 spiro atoms. The van der Waals surface area contributed by atoms with Gasteiger partial charge in [0.2, 0.25) is 12.7 Å². The van der Waals surface area contributed by atoms with Crippen LogP contribution in [-0.4, -0.2) is 27.5 Å². The van der Waals surface area contributed by atoms with E-state index in [9.17, 15) is 4.79 Å². The molecule has 0 bridgehead atoms. The molecule has 2 aliphatic rings. The first-order valence-electron chi connectivity index (χ1n) is 11.0. The fraction of sp³-hybridized carbons (Fsp3) is 0.115. The highest BCUT2D eigenvalue weighted by Crippen LogP contribution is 2.41. The summed E-state index contributed by atoms with van der Waals surface area (Å²) < 4.78 is 12.8. The predicted molar refractivity (Wildman–Crippen MR) is 133 cm³/mol. The van der Waals surface area contributed by atoms with Gasteiger partial charge >= 0.3 is 0 Å². The Labute approximate surface area is 206 Å². The van der Waals surface area contributed by atoms with Gasteiger partial charge in [0.1, 0.15) is 6.04 Å². The van der Waals surface area contributed by atoms with Gasteiger partial charge in [-0.25, -0.2) is 4.68 Å². The Kier molecular flexibility index (Phi) is 5.15. The number of allylic oxidation sites excluding steroid dienone is 1. The van der Waals surface area contributed by atoms with E-state index in [0.717, 1.165) is 11.1 Å². The monoisotopic (exact) mass is 485 g/mol. The number of nitrogens with zero attached hydrogens (tertiary/aromatic N) is 3. The van der Waals surface area contributed by atoms with Gasteiger partial charge < -0.3 is 20.1 Å². The van der Waals surface area contributed by atoms with Crippen molar-refractivity contribution < 1.29 is 14.3 Å². The minimum absolute atomic E-state index is 0.161. The first-order valence-corrected chi connectivity index (χ1v) is 11.4.